The Morgan fingerprint density at radius 2 is 1.58 bits per heavy atom. The van der Waals surface area contributed by atoms with Crippen molar-refractivity contribution in [1.29, 1.82) is 0 Å². The molecule has 0 radical (unpaired) electrons. The number of benzene rings is 3. The lowest BCUT2D eigenvalue weighted by molar-refractivity contribution is -0.384. The minimum absolute atomic E-state index is 0.0160. The number of hydrogen-bond acceptors (Lipinski definition) is 5. The molecule has 4 rings (SSSR count). The van der Waals surface area contributed by atoms with E-state index >= 15 is 0 Å². The lowest BCUT2D eigenvalue weighted by Gasteiger charge is -2.11. The molecule has 1 heterocycles. The number of nitrogens with one attached hydrogen (secondary N) is 2. The van der Waals surface area contributed by atoms with Crippen LogP contribution in [0, 0.1) is 17.0 Å². The fourth-order valence-electron chi connectivity index (χ4n) is 3.30. The maximum absolute atomic E-state index is 12.6. The van der Waals surface area contributed by atoms with Crippen LogP contribution in [0.3, 0.4) is 0 Å². The minimum atomic E-state index is -0.501. The van der Waals surface area contributed by atoms with Gasteiger partial charge >= 0.3 is 0 Å². The second-order valence-electron chi connectivity index (χ2n) is 7.24. The highest BCUT2D eigenvalue weighted by molar-refractivity contribution is 6.05. The molecule has 8 nitrogen and oxygen atoms in total. The van der Waals surface area contributed by atoms with Gasteiger partial charge in [0.2, 0.25) is 0 Å². The van der Waals surface area contributed by atoms with Crippen LogP contribution in [0.1, 0.15) is 26.5 Å². The summed E-state index contributed by atoms with van der Waals surface area (Å²) < 4.78 is 5.58. The number of nitro benzene ring substituents is 1. The summed E-state index contributed by atoms with van der Waals surface area (Å²) >= 11 is 0. The summed E-state index contributed by atoms with van der Waals surface area (Å²) in [5, 5.41) is 16.8. The van der Waals surface area contributed by atoms with Gasteiger partial charge in [-0.3, -0.25) is 19.7 Å². The number of anilines is 2. The average Bonchev–Trinajstić information content (AvgIpc) is 3.32. The van der Waals surface area contributed by atoms with Crippen LogP contribution in [0.25, 0.3) is 11.3 Å². The van der Waals surface area contributed by atoms with Crippen molar-refractivity contribution in [2.45, 2.75) is 6.92 Å². The fraction of sp³-hybridized carbons (Fsp3) is 0.0400. The number of carbonyl (C=O) groups is 2. The van der Waals surface area contributed by atoms with Crippen molar-refractivity contribution in [3.05, 3.63) is 112 Å². The van der Waals surface area contributed by atoms with E-state index in [-0.39, 0.29) is 28.7 Å². The molecule has 0 aliphatic rings. The quantitative estimate of drug-likeness (QED) is 0.296. The van der Waals surface area contributed by atoms with Gasteiger partial charge in [0.05, 0.1) is 10.5 Å². The fourth-order valence-corrected chi connectivity index (χ4v) is 3.30. The Kier molecular flexibility index (Phi) is 5.99. The van der Waals surface area contributed by atoms with Gasteiger partial charge in [-0.05, 0) is 61.0 Å². The Balaban J connectivity index is 1.47. The molecule has 0 unspecified atom stereocenters. The van der Waals surface area contributed by atoms with Crippen LogP contribution < -0.4 is 10.6 Å². The number of amides is 2. The number of aryl methyl sites for hydroxylation is 1. The molecule has 0 atom stereocenters. The zero-order valence-corrected chi connectivity index (χ0v) is 17.6. The molecule has 0 bridgehead atoms. The van der Waals surface area contributed by atoms with Gasteiger partial charge in [-0.15, -0.1) is 0 Å². The molecule has 0 spiro atoms. The second-order valence-corrected chi connectivity index (χ2v) is 7.24. The van der Waals surface area contributed by atoms with Gasteiger partial charge < -0.3 is 15.1 Å². The predicted molar refractivity (Wildman–Crippen MR) is 124 cm³/mol. The van der Waals surface area contributed by atoms with E-state index in [1.807, 2.05) is 13.0 Å². The molecule has 8 heteroatoms. The van der Waals surface area contributed by atoms with E-state index in [4.69, 9.17) is 4.42 Å². The first-order valence-corrected chi connectivity index (χ1v) is 10.0. The Morgan fingerprint density at radius 3 is 2.30 bits per heavy atom. The molecule has 0 fully saturated rings. The Bertz CT molecular complexity index is 1350. The smallest absolute Gasteiger partial charge is 0.291 e. The highest BCUT2D eigenvalue weighted by Crippen LogP contribution is 2.31. The summed E-state index contributed by atoms with van der Waals surface area (Å²) in [4.78, 5) is 35.7. The average molecular weight is 441 g/mol. The molecule has 33 heavy (non-hydrogen) atoms. The summed E-state index contributed by atoms with van der Waals surface area (Å²) in [6.07, 6.45) is 0. The van der Waals surface area contributed by atoms with Crippen LogP contribution >= 0.6 is 0 Å². The summed E-state index contributed by atoms with van der Waals surface area (Å²) in [6, 6.07) is 23.1. The molecular formula is C25H19N3O5. The van der Waals surface area contributed by atoms with Crippen LogP contribution in [0.2, 0.25) is 0 Å². The van der Waals surface area contributed by atoms with Crippen LogP contribution in [0.4, 0.5) is 17.1 Å². The van der Waals surface area contributed by atoms with Crippen LogP contribution in [0.15, 0.2) is 89.3 Å². The third-order valence-electron chi connectivity index (χ3n) is 4.96. The molecule has 164 valence electrons. The number of carbonyl (C=O) groups excluding carboxylic acids is 2. The van der Waals surface area contributed by atoms with Gasteiger partial charge in [-0.2, -0.15) is 0 Å². The first kappa shape index (κ1) is 21.5. The first-order chi connectivity index (χ1) is 15.9. The minimum Gasteiger partial charge on any atom is -0.451 e. The SMILES string of the molecule is Cc1cc(NC(=O)c2ccc(-c3ccccc3[N+](=O)[O-])o2)ccc1NC(=O)c1ccccc1. The third kappa shape index (κ3) is 4.80. The van der Waals surface area contributed by atoms with Crippen molar-refractivity contribution >= 4 is 28.9 Å². The van der Waals surface area contributed by atoms with Crippen LogP contribution in [-0.4, -0.2) is 16.7 Å². The van der Waals surface area contributed by atoms with Gasteiger partial charge in [0.15, 0.2) is 5.76 Å². The molecule has 0 saturated heterocycles. The largest absolute Gasteiger partial charge is 0.451 e. The molecule has 2 amide bonds. The topological polar surface area (TPSA) is 114 Å². The first-order valence-electron chi connectivity index (χ1n) is 10.0. The highest BCUT2D eigenvalue weighted by Gasteiger charge is 2.19. The van der Waals surface area contributed by atoms with Gasteiger partial charge in [0, 0.05) is 23.0 Å². The highest BCUT2D eigenvalue weighted by atomic mass is 16.6. The lowest BCUT2D eigenvalue weighted by atomic mass is 10.1. The van der Waals surface area contributed by atoms with Crippen LogP contribution in [-0.2, 0) is 0 Å². The Hall–Kier alpha value is -4.72. The van der Waals surface area contributed by atoms with Crippen LogP contribution in [0.5, 0.6) is 0 Å². The number of rotatable bonds is 6. The molecular weight excluding hydrogens is 422 g/mol. The van der Waals surface area contributed by atoms with Crippen molar-refractivity contribution in [1.82, 2.24) is 0 Å². The maximum atomic E-state index is 12.6. The van der Waals surface area contributed by atoms with E-state index in [2.05, 4.69) is 10.6 Å². The zero-order chi connectivity index (χ0) is 23.4. The summed E-state index contributed by atoms with van der Waals surface area (Å²) in [5.74, 6) is -0.487. The summed E-state index contributed by atoms with van der Waals surface area (Å²) in [7, 11) is 0. The van der Waals surface area contributed by atoms with Gasteiger partial charge in [0.1, 0.15) is 5.76 Å². The summed E-state index contributed by atoms with van der Waals surface area (Å²) in [5.41, 5.74) is 2.62. The van der Waals surface area contributed by atoms with Crippen molar-refractivity contribution in [2.24, 2.45) is 0 Å². The van der Waals surface area contributed by atoms with Crippen molar-refractivity contribution in [3.63, 3.8) is 0 Å². The van der Waals surface area contributed by atoms with E-state index in [1.165, 1.54) is 18.2 Å². The van der Waals surface area contributed by atoms with Crippen molar-refractivity contribution in [2.75, 3.05) is 10.6 Å². The molecule has 2 N–H and O–H groups in total. The molecule has 0 aliphatic heterocycles. The van der Waals surface area contributed by atoms with E-state index in [0.717, 1.165) is 5.56 Å². The molecule has 4 aromatic rings. The third-order valence-corrected chi connectivity index (χ3v) is 4.96. The Morgan fingerprint density at radius 1 is 0.848 bits per heavy atom. The van der Waals surface area contributed by atoms with E-state index in [1.54, 1.807) is 60.7 Å². The molecule has 1 aromatic heterocycles. The number of hydrogen-bond donors (Lipinski definition) is 2. The summed E-state index contributed by atoms with van der Waals surface area (Å²) in [6.45, 7) is 1.82. The van der Waals surface area contributed by atoms with E-state index < -0.39 is 10.8 Å². The second kappa shape index (κ2) is 9.19. The normalized spacial score (nSPS) is 10.5. The van der Waals surface area contributed by atoms with Gasteiger partial charge in [0.25, 0.3) is 17.5 Å². The standard InChI is InChI=1S/C25H19N3O5/c1-16-15-18(11-12-20(16)27-24(29)17-7-3-2-4-8-17)26-25(30)23-14-13-22(33-23)19-9-5-6-10-21(19)28(31)32/h2-15H,1H3,(H,26,30)(H,27,29). The number of nitro groups is 1. The monoisotopic (exact) mass is 441 g/mol. The van der Waals surface area contributed by atoms with E-state index in [9.17, 15) is 19.7 Å². The predicted octanol–water partition coefficient (Wildman–Crippen LogP) is 5.67. The zero-order valence-electron chi connectivity index (χ0n) is 17.6. The molecule has 0 aliphatic carbocycles. The van der Waals surface area contributed by atoms with Crippen molar-refractivity contribution < 1.29 is 18.9 Å². The maximum Gasteiger partial charge on any atom is 0.291 e. The van der Waals surface area contributed by atoms with E-state index in [0.29, 0.717) is 16.9 Å². The van der Waals surface area contributed by atoms with Gasteiger partial charge in [-0.25, -0.2) is 0 Å². The molecule has 0 saturated carbocycles. The lowest BCUT2D eigenvalue weighted by Crippen LogP contribution is -2.14. The number of nitrogens with zero attached hydrogens (tertiary/aromatic N) is 1. The van der Waals surface area contributed by atoms with Crippen molar-refractivity contribution in [3.8, 4) is 11.3 Å². The molecule has 3 aromatic carbocycles. The number of furan rings is 1. The number of para-hydroxylation sites is 1. The Labute approximate surface area is 189 Å². The van der Waals surface area contributed by atoms with Gasteiger partial charge in [-0.1, -0.05) is 30.3 Å².